The molecule has 1 unspecified atom stereocenters. The summed E-state index contributed by atoms with van der Waals surface area (Å²) in [6, 6.07) is 7.24. The summed E-state index contributed by atoms with van der Waals surface area (Å²) in [4.78, 5) is 24.2. The topological polar surface area (TPSA) is 87.2 Å². The molecule has 7 nitrogen and oxygen atoms in total. The number of piperidine rings is 1. The van der Waals surface area contributed by atoms with Crippen molar-refractivity contribution in [3.05, 3.63) is 58.8 Å². The largest absolute Gasteiger partial charge is 0.330 e. The molecule has 7 heteroatoms. The van der Waals surface area contributed by atoms with Crippen molar-refractivity contribution in [2.75, 3.05) is 6.54 Å². The number of rotatable bonds is 3. The Labute approximate surface area is 181 Å². The molecule has 1 aliphatic carbocycles. The van der Waals surface area contributed by atoms with Crippen LogP contribution >= 0.6 is 0 Å². The van der Waals surface area contributed by atoms with E-state index in [1.807, 2.05) is 21.6 Å². The number of hydrogen-bond acceptors (Lipinski definition) is 5. The average Bonchev–Trinajstić information content (AvgIpc) is 3.48. The molecule has 31 heavy (non-hydrogen) atoms. The minimum absolute atomic E-state index is 0.0606. The van der Waals surface area contributed by atoms with Crippen LogP contribution in [0.1, 0.15) is 89.9 Å². The Morgan fingerprint density at radius 2 is 1.97 bits per heavy atom. The first-order valence-electron chi connectivity index (χ1n) is 11.2. The first-order valence-corrected chi connectivity index (χ1v) is 11.2. The lowest BCUT2D eigenvalue weighted by atomic mass is 9.98. The van der Waals surface area contributed by atoms with E-state index in [1.165, 1.54) is 43.1 Å². The van der Waals surface area contributed by atoms with E-state index in [-0.39, 0.29) is 11.9 Å². The van der Waals surface area contributed by atoms with E-state index >= 15 is 0 Å². The first kappa shape index (κ1) is 19.7. The molecule has 2 aliphatic rings. The van der Waals surface area contributed by atoms with Gasteiger partial charge in [0.25, 0.3) is 5.91 Å². The van der Waals surface area contributed by atoms with Gasteiger partial charge in [-0.1, -0.05) is 12.8 Å². The van der Waals surface area contributed by atoms with Crippen LogP contribution in [0, 0.1) is 18.3 Å². The molecule has 5 rings (SSSR count). The van der Waals surface area contributed by atoms with Gasteiger partial charge in [0, 0.05) is 30.9 Å². The Bertz CT molecular complexity index is 1150. The monoisotopic (exact) mass is 414 g/mol. The molecule has 0 spiro atoms. The zero-order valence-corrected chi connectivity index (χ0v) is 17.8. The molecule has 158 valence electrons. The van der Waals surface area contributed by atoms with Gasteiger partial charge < -0.3 is 4.90 Å². The highest BCUT2D eigenvalue weighted by Crippen LogP contribution is 2.36. The van der Waals surface area contributed by atoms with E-state index in [9.17, 15) is 4.79 Å². The quantitative estimate of drug-likeness (QED) is 0.637. The van der Waals surface area contributed by atoms with Crippen molar-refractivity contribution in [3.8, 4) is 6.07 Å². The summed E-state index contributed by atoms with van der Waals surface area (Å²) < 4.78 is 1.86. The van der Waals surface area contributed by atoms with Crippen molar-refractivity contribution in [1.29, 1.82) is 5.26 Å². The molecule has 0 aromatic carbocycles. The normalized spacial score (nSPS) is 19.6. The molecule has 3 aromatic rings. The van der Waals surface area contributed by atoms with Gasteiger partial charge in [-0.15, -0.1) is 0 Å². The second-order valence-electron chi connectivity index (χ2n) is 8.72. The number of aromatic nitrogens is 4. The van der Waals surface area contributed by atoms with Crippen molar-refractivity contribution in [1.82, 2.24) is 24.5 Å². The van der Waals surface area contributed by atoms with Gasteiger partial charge in [0.05, 0.1) is 23.0 Å². The van der Waals surface area contributed by atoms with Crippen LogP contribution in [0.15, 0.2) is 30.6 Å². The van der Waals surface area contributed by atoms with Crippen LogP contribution in [-0.2, 0) is 0 Å². The Hall–Kier alpha value is -3.27. The van der Waals surface area contributed by atoms with Crippen molar-refractivity contribution in [3.63, 3.8) is 0 Å². The molecule has 1 amide bonds. The number of nitriles is 1. The lowest BCUT2D eigenvalue weighted by Gasteiger charge is -2.34. The molecule has 3 aromatic heterocycles. The summed E-state index contributed by atoms with van der Waals surface area (Å²) in [5.41, 5.74) is 4.97. The van der Waals surface area contributed by atoms with Crippen LogP contribution in [0.4, 0.5) is 0 Å². The van der Waals surface area contributed by atoms with Crippen molar-refractivity contribution in [2.45, 2.75) is 63.8 Å². The first-order chi connectivity index (χ1) is 15.1. The maximum absolute atomic E-state index is 13.2. The molecule has 0 N–H and O–H groups in total. The van der Waals surface area contributed by atoms with Crippen molar-refractivity contribution < 1.29 is 4.79 Å². The molecule has 2 fully saturated rings. The number of aryl methyl sites for hydroxylation is 1. The van der Waals surface area contributed by atoms with Crippen LogP contribution in [0.2, 0.25) is 0 Å². The number of fused-ring (bicyclic) bond motifs is 1. The lowest BCUT2D eigenvalue weighted by Crippen LogP contribution is -2.38. The van der Waals surface area contributed by atoms with Crippen LogP contribution in [0.25, 0.3) is 5.65 Å². The summed E-state index contributed by atoms with van der Waals surface area (Å²) in [5.74, 6) is 0.495. The third-order valence-corrected chi connectivity index (χ3v) is 6.66. The molecule has 1 aliphatic heterocycles. The van der Waals surface area contributed by atoms with Crippen LogP contribution in [-0.4, -0.2) is 36.9 Å². The predicted octanol–water partition coefficient (Wildman–Crippen LogP) is 4.33. The molecule has 1 atom stereocenters. The highest BCUT2D eigenvalue weighted by atomic mass is 16.2. The fraction of sp³-hybridized carbons (Fsp3) is 0.458. The second kappa shape index (κ2) is 8.10. The number of hydrogen-bond donors (Lipinski definition) is 0. The van der Waals surface area contributed by atoms with E-state index in [0.29, 0.717) is 23.7 Å². The van der Waals surface area contributed by atoms with Gasteiger partial charge in [0.1, 0.15) is 11.8 Å². The summed E-state index contributed by atoms with van der Waals surface area (Å²) in [7, 11) is 0. The fourth-order valence-electron chi connectivity index (χ4n) is 5.05. The summed E-state index contributed by atoms with van der Waals surface area (Å²) >= 11 is 0. The molecular formula is C24H26N6O. The zero-order chi connectivity index (χ0) is 21.4. The predicted molar refractivity (Wildman–Crippen MR) is 116 cm³/mol. The van der Waals surface area contributed by atoms with E-state index in [4.69, 9.17) is 15.3 Å². The maximum atomic E-state index is 13.2. The lowest BCUT2D eigenvalue weighted by molar-refractivity contribution is 0.0605. The number of likely N-dealkylation sites (tertiary alicyclic amines) is 1. The molecule has 1 saturated heterocycles. The Morgan fingerprint density at radius 3 is 2.71 bits per heavy atom. The third-order valence-electron chi connectivity index (χ3n) is 6.66. The van der Waals surface area contributed by atoms with Gasteiger partial charge in [-0.05, 0) is 56.7 Å². The van der Waals surface area contributed by atoms with Crippen LogP contribution in [0.3, 0.4) is 0 Å². The van der Waals surface area contributed by atoms with Crippen LogP contribution < -0.4 is 0 Å². The van der Waals surface area contributed by atoms with Gasteiger partial charge in [-0.3, -0.25) is 4.79 Å². The Morgan fingerprint density at radius 1 is 1.16 bits per heavy atom. The summed E-state index contributed by atoms with van der Waals surface area (Å²) in [6.45, 7) is 2.81. The van der Waals surface area contributed by atoms with E-state index in [0.717, 1.165) is 30.6 Å². The molecule has 1 saturated carbocycles. The highest BCUT2D eigenvalue weighted by Gasteiger charge is 2.31. The summed E-state index contributed by atoms with van der Waals surface area (Å²) in [5, 5.41) is 13.8. The molecule has 0 radical (unpaired) electrons. The van der Waals surface area contributed by atoms with E-state index in [1.54, 1.807) is 12.1 Å². The minimum Gasteiger partial charge on any atom is -0.330 e. The SMILES string of the molecule is Cc1cn2nc(C3CCCCN3C(=O)c3ccc(C#N)nc3)cc2nc1C1CCCC1. The Balaban J connectivity index is 1.46. The molecule has 4 heterocycles. The average molecular weight is 415 g/mol. The second-order valence-corrected chi connectivity index (χ2v) is 8.72. The highest BCUT2D eigenvalue weighted by molar-refractivity contribution is 5.94. The van der Waals surface area contributed by atoms with Crippen LogP contribution in [0.5, 0.6) is 0 Å². The maximum Gasteiger partial charge on any atom is 0.255 e. The fourth-order valence-corrected chi connectivity index (χ4v) is 5.05. The van der Waals surface area contributed by atoms with Gasteiger partial charge in [0.2, 0.25) is 0 Å². The number of nitrogens with zero attached hydrogens (tertiary/aromatic N) is 6. The Kier molecular flexibility index (Phi) is 5.14. The number of carbonyl (C=O) groups is 1. The van der Waals surface area contributed by atoms with Gasteiger partial charge >= 0.3 is 0 Å². The van der Waals surface area contributed by atoms with E-state index in [2.05, 4.69) is 18.1 Å². The van der Waals surface area contributed by atoms with Gasteiger partial charge in [-0.25, -0.2) is 14.5 Å². The minimum atomic E-state index is -0.0752. The molecular weight excluding hydrogens is 388 g/mol. The summed E-state index contributed by atoms with van der Waals surface area (Å²) in [6.07, 6.45) is 11.5. The standard InChI is InChI=1S/C24H26N6O/c1-16-15-30-22(27-23(16)17-6-2-3-7-17)12-20(28-30)21-8-4-5-11-29(21)24(31)18-9-10-19(13-25)26-14-18/h9-10,12,14-15,17,21H,2-8,11H2,1H3. The number of amides is 1. The number of carbonyl (C=O) groups excluding carboxylic acids is 1. The van der Waals surface area contributed by atoms with E-state index < -0.39 is 0 Å². The van der Waals surface area contributed by atoms with Crippen molar-refractivity contribution in [2.24, 2.45) is 0 Å². The smallest absolute Gasteiger partial charge is 0.255 e. The van der Waals surface area contributed by atoms with Gasteiger partial charge in [-0.2, -0.15) is 10.4 Å². The van der Waals surface area contributed by atoms with Gasteiger partial charge in [0.15, 0.2) is 5.65 Å². The zero-order valence-electron chi connectivity index (χ0n) is 17.8. The third kappa shape index (κ3) is 3.67. The molecule has 0 bridgehead atoms. The van der Waals surface area contributed by atoms with Crippen molar-refractivity contribution >= 4 is 11.6 Å². The number of pyridine rings is 1.